The van der Waals surface area contributed by atoms with Gasteiger partial charge in [0, 0.05) is 39.3 Å². The molecule has 0 spiro atoms. The predicted molar refractivity (Wildman–Crippen MR) is 120 cm³/mol. The number of anilines is 2. The van der Waals surface area contributed by atoms with Crippen LogP contribution >= 0.6 is 0 Å². The molecule has 1 amide bonds. The highest BCUT2D eigenvalue weighted by Crippen LogP contribution is 2.20. The molecule has 1 aromatic carbocycles. The summed E-state index contributed by atoms with van der Waals surface area (Å²) in [6.07, 6.45) is 5.05. The summed E-state index contributed by atoms with van der Waals surface area (Å²) in [5.41, 5.74) is 0. The molecule has 31 heavy (non-hydrogen) atoms. The molecule has 0 atom stereocenters. The van der Waals surface area contributed by atoms with Crippen LogP contribution in [-0.2, 0) is 4.79 Å². The first-order valence-corrected chi connectivity index (χ1v) is 11.1. The van der Waals surface area contributed by atoms with Gasteiger partial charge in [-0.1, -0.05) is 12.8 Å². The van der Waals surface area contributed by atoms with Gasteiger partial charge in [-0.25, -0.2) is 0 Å². The van der Waals surface area contributed by atoms with E-state index in [1.807, 2.05) is 17.0 Å². The van der Waals surface area contributed by atoms with Crippen molar-refractivity contribution in [2.75, 3.05) is 62.8 Å². The van der Waals surface area contributed by atoms with Crippen LogP contribution in [0.3, 0.4) is 0 Å². The monoisotopic (exact) mass is 425 g/mol. The fourth-order valence-electron chi connectivity index (χ4n) is 4.05. The van der Waals surface area contributed by atoms with Crippen LogP contribution in [0, 0.1) is 0 Å². The van der Waals surface area contributed by atoms with Crippen molar-refractivity contribution in [3.8, 4) is 11.5 Å². The fourth-order valence-corrected chi connectivity index (χ4v) is 4.05. The van der Waals surface area contributed by atoms with Crippen molar-refractivity contribution in [1.29, 1.82) is 0 Å². The van der Waals surface area contributed by atoms with E-state index >= 15 is 0 Å². The highest BCUT2D eigenvalue weighted by molar-refractivity contribution is 5.78. The number of methoxy groups -OCH3 is 1. The zero-order valence-electron chi connectivity index (χ0n) is 18.2. The van der Waals surface area contributed by atoms with E-state index in [1.54, 1.807) is 19.2 Å². The Bertz CT molecular complexity index is 827. The molecule has 166 valence electrons. The summed E-state index contributed by atoms with van der Waals surface area (Å²) in [5.74, 6) is 3.26. The van der Waals surface area contributed by atoms with Crippen LogP contribution in [-0.4, -0.2) is 74.0 Å². The second-order valence-corrected chi connectivity index (χ2v) is 7.98. The maximum Gasteiger partial charge on any atom is 0.260 e. The van der Waals surface area contributed by atoms with Gasteiger partial charge in [0.25, 0.3) is 5.91 Å². The van der Waals surface area contributed by atoms with Crippen LogP contribution < -0.4 is 19.3 Å². The van der Waals surface area contributed by atoms with Crippen molar-refractivity contribution >= 4 is 17.5 Å². The molecule has 2 aliphatic heterocycles. The molecular weight excluding hydrogens is 394 g/mol. The molecule has 3 heterocycles. The number of carbonyl (C=O) groups excluding carboxylic acids is 1. The lowest BCUT2D eigenvalue weighted by atomic mass is 10.2. The highest BCUT2D eigenvalue weighted by atomic mass is 16.5. The second-order valence-electron chi connectivity index (χ2n) is 7.98. The number of rotatable bonds is 6. The van der Waals surface area contributed by atoms with Crippen LogP contribution in [0.2, 0.25) is 0 Å². The lowest BCUT2D eigenvalue weighted by Crippen LogP contribution is -2.50. The predicted octanol–water partition coefficient (Wildman–Crippen LogP) is 2.59. The maximum absolute atomic E-state index is 12.5. The largest absolute Gasteiger partial charge is 0.497 e. The Morgan fingerprint density at radius 1 is 0.774 bits per heavy atom. The van der Waals surface area contributed by atoms with Crippen LogP contribution in [0.1, 0.15) is 25.7 Å². The molecule has 2 fully saturated rings. The van der Waals surface area contributed by atoms with Crippen molar-refractivity contribution in [3.63, 3.8) is 0 Å². The molecule has 8 heteroatoms. The topological polar surface area (TPSA) is 71.0 Å². The second kappa shape index (κ2) is 10.3. The minimum absolute atomic E-state index is 0.00179. The van der Waals surface area contributed by atoms with Gasteiger partial charge in [-0.3, -0.25) is 4.79 Å². The van der Waals surface area contributed by atoms with Crippen molar-refractivity contribution in [3.05, 3.63) is 36.4 Å². The number of aromatic nitrogens is 2. The van der Waals surface area contributed by atoms with E-state index in [2.05, 4.69) is 32.1 Å². The molecule has 1 aromatic heterocycles. The van der Waals surface area contributed by atoms with Crippen molar-refractivity contribution < 1.29 is 14.3 Å². The van der Waals surface area contributed by atoms with Gasteiger partial charge in [0.15, 0.2) is 18.2 Å². The molecule has 2 aromatic rings. The molecule has 0 aliphatic carbocycles. The number of piperazine rings is 1. The van der Waals surface area contributed by atoms with Gasteiger partial charge >= 0.3 is 0 Å². The van der Waals surface area contributed by atoms with Gasteiger partial charge in [-0.15, -0.1) is 10.2 Å². The van der Waals surface area contributed by atoms with Gasteiger partial charge in [-0.2, -0.15) is 0 Å². The SMILES string of the molecule is COc1ccc(OCC(=O)N2CCN(c3ccc(N4CCCCCC4)nn3)CC2)cc1. The van der Waals surface area contributed by atoms with Crippen LogP contribution in [0.4, 0.5) is 11.6 Å². The number of hydrogen-bond donors (Lipinski definition) is 0. The zero-order chi connectivity index (χ0) is 21.5. The Kier molecular flexibility index (Phi) is 7.07. The van der Waals surface area contributed by atoms with E-state index in [0.29, 0.717) is 18.8 Å². The van der Waals surface area contributed by atoms with E-state index in [1.165, 1.54) is 25.7 Å². The van der Waals surface area contributed by atoms with Gasteiger partial charge in [-0.05, 0) is 49.2 Å². The van der Waals surface area contributed by atoms with Gasteiger partial charge in [0.1, 0.15) is 11.5 Å². The molecule has 0 bridgehead atoms. The summed E-state index contributed by atoms with van der Waals surface area (Å²) in [4.78, 5) is 18.9. The molecule has 0 unspecified atom stereocenters. The molecule has 2 aliphatic rings. The van der Waals surface area contributed by atoms with Crippen molar-refractivity contribution in [2.45, 2.75) is 25.7 Å². The first kappa shape index (κ1) is 21.2. The minimum atomic E-state index is -0.00179. The lowest BCUT2D eigenvalue weighted by molar-refractivity contribution is -0.133. The third-order valence-corrected chi connectivity index (χ3v) is 5.94. The lowest BCUT2D eigenvalue weighted by Gasteiger charge is -2.35. The Morgan fingerprint density at radius 2 is 1.32 bits per heavy atom. The number of ether oxygens (including phenoxy) is 2. The van der Waals surface area contributed by atoms with Crippen LogP contribution in [0.5, 0.6) is 11.5 Å². The van der Waals surface area contributed by atoms with Crippen molar-refractivity contribution in [1.82, 2.24) is 15.1 Å². The summed E-state index contributed by atoms with van der Waals surface area (Å²) in [7, 11) is 1.62. The molecule has 0 saturated carbocycles. The molecule has 0 N–H and O–H groups in total. The van der Waals surface area contributed by atoms with Gasteiger partial charge in [0.2, 0.25) is 0 Å². The summed E-state index contributed by atoms with van der Waals surface area (Å²) < 4.78 is 10.8. The molecule has 2 saturated heterocycles. The van der Waals surface area contributed by atoms with Crippen molar-refractivity contribution in [2.24, 2.45) is 0 Å². The minimum Gasteiger partial charge on any atom is -0.497 e. The first-order valence-electron chi connectivity index (χ1n) is 11.1. The Morgan fingerprint density at radius 3 is 1.87 bits per heavy atom. The van der Waals surface area contributed by atoms with Crippen LogP contribution in [0.25, 0.3) is 0 Å². The molecular formula is C23H31N5O3. The van der Waals surface area contributed by atoms with Gasteiger partial charge < -0.3 is 24.2 Å². The quantitative estimate of drug-likeness (QED) is 0.704. The third kappa shape index (κ3) is 5.57. The fraction of sp³-hybridized carbons (Fsp3) is 0.522. The Balaban J connectivity index is 1.24. The van der Waals surface area contributed by atoms with Gasteiger partial charge in [0.05, 0.1) is 7.11 Å². The summed E-state index contributed by atoms with van der Waals surface area (Å²) in [6, 6.07) is 11.4. The molecule has 0 radical (unpaired) electrons. The number of benzene rings is 1. The number of amides is 1. The van der Waals surface area contributed by atoms with E-state index in [0.717, 1.165) is 43.6 Å². The van der Waals surface area contributed by atoms with E-state index < -0.39 is 0 Å². The Labute approximate surface area is 183 Å². The number of nitrogens with zero attached hydrogens (tertiary/aromatic N) is 5. The number of carbonyl (C=O) groups is 1. The van der Waals surface area contributed by atoms with E-state index in [9.17, 15) is 4.79 Å². The molecule has 8 nitrogen and oxygen atoms in total. The Hall–Kier alpha value is -3.03. The average Bonchev–Trinajstić information content (AvgIpc) is 3.13. The molecule has 4 rings (SSSR count). The summed E-state index contributed by atoms with van der Waals surface area (Å²) in [5, 5.41) is 8.94. The number of hydrogen-bond acceptors (Lipinski definition) is 7. The van der Waals surface area contributed by atoms with E-state index in [-0.39, 0.29) is 12.5 Å². The maximum atomic E-state index is 12.5. The summed E-state index contributed by atoms with van der Waals surface area (Å²) in [6.45, 7) is 4.95. The first-order chi connectivity index (χ1) is 15.2. The van der Waals surface area contributed by atoms with E-state index in [4.69, 9.17) is 9.47 Å². The standard InChI is InChI=1S/C23H31N5O3/c1-30-19-6-8-20(9-7-19)31-18-23(29)28-16-14-27(15-17-28)22-11-10-21(24-25-22)26-12-4-2-3-5-13-26/h6-11H,2-5,12-18H2,1H3. The highest BCUT2D eigenvalue weighted by Gasteiger charge is 2.23. The van der Waals surface area contributed by atoms with Crippen LogP contribution in [0.15, 0.2) is 36.4 Å². The smallest absolute Gasteiger partial charge is 0.260 e. The summed E-state index contributed by atoms with van der Waals surface area (Å²) >= 11 is 0. The normalized spacial score (nSPS) is 17.3. The zero-order valence-corrected chi connectivity index (χ0v) is 18.2. The third-order valence-electron chi connectivity index (χ3n) is 5.94. The average molecular weight is 426 g/mol.